The lowest BCUT2D eigenvalue weighted by atomic mass is 10.00. The summed E-state index contributed by atoms with van der Waals surface area (Å²) >= 11 is 1.09. The molecule has 3 amide bonds. The SMILES string of the molecule is O=C(C1CCCC1)N1CCC(N2C(=O)CSC2=O)CC1. The van der Waals surface area contributed by atoms with Gasteiger partial charge >= 0.3 is 0 Å². The summed E-state index contributed by atoms with van der Waals surface area (Å²) in [6.45, 7) is 1.36. The van der Waals surface area contributed by atoms with Gasteiger partial charge in [0.1, 0.15) is 0 Å². The first-order chi connectivity index (χ1) is 9.66. The van der Waals surface area contributed by atoms with Gasteiger partial charge in [0.05, 0.1) is 5.75 Å². The van der Waals surface area contributed by atoms with E-state index in [1.54, 1.807) is 0 Å². The van der Waals surface area contributed by atoms with Gasteiger partial charge in [-0.05, 0) is 25.7 Å². The van der Waals surface area contributed by atoms with Gasteiger partial charge < -0.3 is 4.90 Å². The van der Waals surface area contributed by atoms with Crippen LogP contribution in [0.25, 0.3) is 0 Å². The Bertz CT molecular complexity index is 410. The average molecular weight is 296 g/mol. The molecule has 3 aliphatic rings. The first kappa shape index (κ1) is 13.9. The molecule has 5 nitrogen and oxygen atoms in total. The molecule has 1 aliphatic carbocycles. The molecule has 3 rings (SSSR count). The van der Waals surface area contributed by atoms with Crippen LogP contribution < -0.4 is 0 Å². The Hall–Kier alpha value is -1.04. The Labute approximate surface area is 123 Å². The Morgan fingerprint density at radius 1 is 1.05 bits per heavy atom. The van der Waals surface area contributed by atoms with Crippen molar-refractivity contribution in [1.29, 1.82) is 0 Å². The van der Waals surface area contributed by atoms with Crippen molar-refractivity contribution >= 4 is 28.8 Å². The van der Waals surface area contributed by atoms with Crippen molar-refractivity contribution < 1.29 is 14.4 Å². The topological polar surface area (TPSA) is 57.7 Å². The maximum Gasteiger partial charge on any atom is 0.289 e. The van der Waals surface area contributed by atoms with Crippen LogP contribution in [0.1, 0.15) is 38.5 Å². The number of carbonyl (C=O) groups excluding carboxylic acids is 3. The number of imide groups is 1. The molecule has 2 saturated heterocycles. The van der Waals surface area contributed by atoms with Gasteiger partial charge in [-0.1, -0.05) is 24.6 Å². The molecule has 0 aromatic heterocycles. The first-order valence-electron chi connectivity index (χ1n) is 7.44. The maximum absolute atomic E-state index is 12.3. The Morgan fingerprint density at radius 2 is 1.70 bits per heavy atom. The number of nitrogens with zero attached hydrogens (tertiary/aromatic N) is 2. The van der Waals surface area contributed by atoms with Crippen molar-refractivity contribution in [2.75, 3.05) is 18.8 Å². The van der Waals surface area contributed by atoms with Crippen molar-refractivity contribution in [2.24, 2.45) is 5.92 Å². The zero-order valence-electron chi connectivity index (χ0n) is 11.5. The van der Waals surface area contributed by atoms with Crippen LogP contribution in [0.15, 0.2) is 0 Å². The van der Waals surface area contributed by atoms with E-state index in [1.807, 2.05) is 4.90 Å². The summed E-state index contributed by atoms with van der Waals surface area (Å²) in [4.78, 5) is 39.1. The normalized spacial score (nSPS) is 25.8. The number of likely N-dealkylation sites (tertiary alicyclic amines) is 1. The van der Waals surface area contributed by atoms with Crippen molar-refractivity contribution in [1.82, 2.24) is 9.80 Å². The van der Waals surface area contributed by atoms with Crippen LogP contribution in [0.2, 0.25) is 0 Å². The summed E-state index contributed by atoms with van der Waals surface area (Å²) in [5.41, 5.74) is 0. The Balaban J connectivity index is 1.55. The number of piperidine rings is 1. The number of amides is 3. The lowest BCUT2D eigenvalue weighted by molar-refractivity contribution is -0.137. The Kier molecular flexibility index (Phi) is 4.01. The summed E-state index contributed by atoms with van der Waals surface area (Å²) in [5, 5.41) is -0.115. The van der Waals surface area contributed by atoms with Crippen LogP contribution in [0.3, 0.4) is 0 Å². The molecule has 2 aliphatic heterocycles. The molecule has 1 saturated carbocycles. The van der Waals surface area contributed by atoms with E-state index in [0.29, 0.717) is 13.1 Å². The van der Waals surface area contributed by atoms with Gasteiger partial charge in [-0.15, -0.1) is 0 Å². The molecular weight excluding hydrogens is 276 g/mol. The van der Waals surface area contributed by atoms with Crippen molar-refractivity contribution in [3.8, 4) is 0 Å². The summed E-state index contributed by atoms with van der Waals surface area (Å²) < 4.78 is 0. The Morgan fingerprint density at radius 3 is 2.25 bits per heavy atom. The van der Waals surface area contributed by atoms with Gasteiger partial charge in [-0.2, -0.15) is 0 Å². The van der Waals surface area contributed by atoms with Crippen LogP contribution in [0.5, 0.6) is 0 Å². The summed E-state index contributed by atoms with van der Waals surface area (Å²) in [7, 11) is 0. The van der Waals surface area contributed by atoms with E-state index in [0.717, 1.165) is 37.4 Å². The van der Waals surface area contributed by atoms with E-state index in [-0.39, 0.29) is 34.8 Å². The molecular formula is C14H20N2O3S. The minimum atomic E-state index is -0.115. The molecule has 6 heteroatoms. The molecule has 0 spiro atoms. The molecule has 0 atom stereocenters. The molecule has 20 heavy (non-hydrogen) atoms. The van der Waals surface area contributed by atoms with E-state index in [4.69, 9.17) is 0 Å². The third kappa shape index (κ3) is 2.57. The molecule has 0 unspecified atom stereocenters. The van der Waals surface area contributed by atoms with Gasteiger partial charge in [-0.25, -0.2) is 0 Å². The maximum atomic E-state index is 12.3. The summed E-state index contributed by atoms with van der Waals surface area (Å²) in [6, 6.07) is -0.00220. The quantitative estimate of drug-likeness (QED) is 0.780. The fourth-order valence-corrected chi connectivity index (χ4v) is 4.27. The highest BCUT2D eigenvalue weighted by Gasteiger charge is 2.38. The van der Waals surface area contributed by atoms with E-state index < -0.39 is 0 Å². The number of thioether (sulfide) groups is 1. The second-order valence-corrected chi connectivity index (χ2v) is 6.78. The van der Waals surface area contributed by atoms with Crippen molar-refractivity contribution in [2.45, 2.75) is 44.6 Å². The lowest BCUT2D eigenvalue weighted by Gasteiger charge is -2.36. The van der Waals surface area contributed by atoms with Gasteiger partial charge in [0.25, 0.3) is 5.24 Å². The molecule has 0 bridgehead atoms. The van der Waals surface area contributed by atoms with E-state index in [2.05, 4.69) is 0 Å². The highest BCUT2D eigenvalue weighted by Crippen LogP contribution is 2.30. The molecule has 0 aromatic rings. The lowest BCUT2D eigenvalue weighted by Crippen LogP contribution is -2.49. The monoisotopic (exact) mass is 296 g/mol. The van der Waals surface area contributed by atoms with Crippen LogP contribution in [-0.2, 0) is 9.59 Å². The third-order valence-electron chi connectivity index (χ3n) is 4.63. The first-order valence-corrected chi connectivity index (χ1v) is 8.43. The third-order valence-corrected chi connectivity index (χ3v) is 5.47. The number of carbonyl (C=O) groups is 3. The van der Waals surface area contributed by atoms with E-state index in [9.17, 15) is 14.4 Å². The van der Waals surface area contributed by atoms with Crippen LogP contribution in [0.4, 0.5) is 4.79 Å². The van der Waals surface area contributed by atoms with Crippen LogP contribution in [0, 0.1) is 5.92 Å². The minimum Gasteiger partial charge on any atom is -0.342 e. The largest absolute Gasteiger partial charge is 0.342 e. The zero-order valence-corrected chi connectivity index (χ0v) is 12.4. The van der Waals surface area contributed by atoms with E-state index in [1.165, 1.54) is 17.7 Å². The number of rotatable bonds is 2. The predicted octanol–water partition coefficient (Wildman–Crippen LogP) is 1.86. The predicted molar refractivity (Wildman–Crippen MR) is 76.3 cm³/mol. The fraction of sp³-hybridized carbons (Fsp3) is 0.786. The molecule has 0 radical (unpaired) electrons. The van der Waals surface area contributed by atoms with E-state index >= 15 is 0 Å². The molecule has 3 fully saturated rings. The highest BCUT2D eigenvalue weighted by atomic mass is 32.2. The number of hydrogen-bond donors (Lipinski definition) is 0. The summed E-state index contributed by atoms with van der Waals surface area (Å²) in [6.07, 6.45) is 5.85. The highest BCUT2D eigenvalue weighted by molar-refractivity contribution is 8.14. The zero-order chi connectivity index (χ0) is 14.1. The van der Waals surface area contributed by atoms with Gasteiger partial charge in [0, 0.05) is 25.0 Å². The second kappa shape index (κ2) is 5.76. The minimum absolute atomic E-state index is 0.00220. The standard InChI is InChI=1S/C14H20N2O3S/c17-12-9-20-14(19)16(12)11-5-7-15(8-6-11)13(18)10-3-1-2-4-10/h10-11H,1-9H2. The van der Waals surface area contributed by atoms with Crippen LogP contribution in [-0.4, -0.2) is 51.7 Å². The van der Waals surface area contributed by atoms with Crippen molar-refractivity contribution in [3.63, 3.8) is 0 Å². The van der Waals surface area contributed by atoms with Gasteiger partial charge in [-0.3, -0.25) is 19.3 Å². The molecule has 2 heterocycles. The fourth-order valence-electron chi connectivity index (χ4n) is 3.49. The van der Waals surface area contributed by atoms with Gasteiger partial charge in [0.15, 0.2) is 0 Å². The molecule has 110 valence electrons. The molecule has 0 aromatic carbocycles. The van der Waals surface area contributed by atoms with Crippen LogP contribution >= 0.6 is 11.8 Å². The number of hydrogen-bond acceptors (Lipinski definition) is 4. The smallest absolute Gasteiger partial charge is 0.289 e. The summed E-state index contributed by atoms with van der Waals surface area (Å²) in [5.74, 6) is 0.715. The second-order valence-electron chi connectivity index (χ2n) is 5.86. The van der Waals surface area contributed by atoms with Crippen molar-refractivity contribution in [3.05, 3.63) is 0 Å². The van der Waals surface area contributed by atoms with Gasteiger partial charge in [0.2, 0.25) is 11.8 Å². The average Bonchev–Trinajstić information content (AvgIpc) is 3.09. The molecule has 0 N–H and O–H groups in total.